The molecule has 0 unspecified atom stereocenters. The predicted molar refractivity (Wildman–Crippen MR) is 162 cm³/mol. The van der Waals surface area contributed by atoms with Gasteiger partial charge >= 0.3 is 0 Å². The summed E-state index contributed by atoms with van der Waals surface area (Å²) in [6, 6.07) is 29.6. The number of rotatable bonds is 6. The minimum Gasteiger partial charge on any atom is -0.282 e. The summed E-state index contributed by atoms with van der Waals surface area (Å²) >= 11 is 0. The number of carbonyl (C=O) groups excluding carboxylic acids is 1. The molecule has 1 aliphatic heterocycles. The summed E-state index contributed by atoms with van der Waals surface area (Å²) in [6.45, 7) is 1.65. The second kappa shape index (κ2) is 11.0. The van der Waals surface area contributed by atoms with Gasteiger partial charge in [0.1, 0.15) is 22.2 Å². The highest BCUT2D eigenvalue weighted by atomic mass is 32.2. The zero-order valence-electron chi connectivity index (χ0n) is 22.7. The summed E-state index contributed by atoms with van der Waals surface area (Å²) < 4.78 is 36.2. The van der Waals surface area contributed by atoms with E-state index in [1.165, 1.54) is 16.7 Å². The molecular weight excluding hydrogens is 564 g/mol. The number of azo groups is 1. The van der Waals surface area contributed by atoms with E-state index in [1.807, 2.05) is 25.1 Å². The van der Waals surface area contributed by atoms with Gasteiger partial charge in [-0.15, -0.1) is 0 Å². The molecule has 0 amide bonds. The van der Waals surface area contributed by atoms with Crippen molar-refractivity contribution in [1.29, 1.82) is 5.26 Å². The molecule has 0 fully saturated rings. The number of hydrogen-bond donors (Lipinski definition) is 1. The Hall–Kier alpha value is -5.57. The van der Waals surface area contributed by atoms with Crippen molar-refractivity contribution in [2.75, 3.05) is 0 Å². The molecule has 0 aliphatic carbocycles. The van der Waals surface area contributed by atoms with Crippen molar-refractivity contribution in [1.82, 2.24) is 9.55 Å². The van der Waals surface area contributed by atoms with E-state index in [0.717, 1.165) is 5.56 Å². The number of aromatic nitrogens is 2. The van der Waals surface area contributed by atoms with Gasteiger partial charge < -0.3 is 0 Å². The average molecular weight is 587 g/mol. The van der Waals surface area contributed by atoms with Crippen LogP contribution < -0.4 is 0 Å². The van der Waals surface area contributed by atoms with Crippen molar-refractivity contribution in [2.45, 2.75) is 18.4 Å². The summed E-state index contributed by atoms with van der Waals surface area (Å²) in [6.07, 6.45) is 0. The van der Waals surface area contributed by atoms with Crippen LogP contribution in [0.4, 0.5) is 11.4 Å². The van der Waals surface area contributed by atoms with Gasteiger partial charge in [-0.05, 0) is 54.4 Å². The number of aryl methyl sites for hydroxylation is 1. The number of benzene rings is 4. The smallest absolute Gasteiger partial charge is 0.282 e. The third kappa shape index (κ3) is 5.28. The van der Waals surface area contributed by atoms with Crippen LogP contribution in [-0.4, -0.2) is 34.1 Å². The van der Waals surface area contributed by atoms with E-state index in [9.17, 15) is 23.0 Å². The van der Waals surface area contributed by atoms with Crippen LogP contribution in [0.1, 0.15) is 27.3 Å². The Morgan fingerprint density at radius 3 is 2.30 bits per heavy atom. The van der Waals surface area contributed by atoms with Gasteiger partial charge in [0.2, 0.25) is 0 Å². The predicted octanol–water partition coefficient (Wildman–Crippen LogP) is 6.74. The van der Waals surface area contributed by atoms with E-state index in [-0.39, 0.29) is 40.5 Å². The Morgan fingerprint density at radius 1 is 0.907 bits per heavy atom. The summed E-state index contributed by atoms with van der Waals surface area (Å²) in [5, 5.41) is 18.5. The molecule has 4 aromatic carbocycles. The lowest BCUT2D eigenvalue weighted by atomic mass is 9.92. The van der Waals surface area contributed by atoms with Crippen LogP contribution in [0.15, 0.2) is 117 Å². The summed E-state index contributed by atoms with van der Waals surface area (Å²) in [5.41, 5.74) is 3.98. The lowest BCUT2D eigenvalue weighted by Crippen LogP contribution is -2.30. The van der Waals surface area contributed by atoms with Crippen LogP contribution in [0.3, 0.4) is 0 Å². The van der Waals surface area contributed by atoms with Gasteiger partial charge in [0.25, 0.3) is 16.0 Å². The maximum Gasteiger partial charge on any atom is 0.294 e. The number of carbonyl (C=O) groups is 1. The minimum atomic E-state index is -4.70. The van der Waals surface area contributed by atoms with Crippen LogP contribution in [0.5, 0.6) is 0 Å². The molecule has 5 aromatic rings. The molecule has 2 heterocycles. The first-order valence-electron chi connectivity index (χ1n) is 13.1. The quantitative estimate of drug-likeness (QED) is 0.172. The van der Waals surface area contributed by atoms with Crippen LogP contribution in [0.2, 0.25) is 0 Å². The largest absolute Gasteiger partial charge is 0.294 e. The molecule has 0 spiro atoms. The number of imidazole rings is 1. The second-order valence-electron chi connectivity index (χ2n) is 9.76. The lowest BCUT2D eigenvalue weighted by Gasteiger charge is -2.20. The molecule has 0 atom stereocenters. The Labute approximate surface area is 246 Å². The molecular formula is C32H22N6O4S. The van der Waals surface area contributed by atoms with Crippen molar-refractivity contribution in [3.05, 3.63) is 120 Å². The van der Waals surface area contributed by atoms with Gasteiger partial charge in [-0.25, -0.2) is 4.98 Å². The van der Waals surface area contributed by atoms with Gasteiger partial charge in [-0.1, -0.05) is 66.2 Å². The first-order valence-corrected chi connectivity index (χ1v) is 14.5. The molecule has 1 N–H and O–H groups in total. The van der Waals surface area contributed by atoms with E-state index in [1.54, 1.807) is 66.7 Å². The zero-order valence-corrected chi connectivity index (χ0v) is 23.5. The van der Waals surface area contributed by atoms with Gasteiger partial charge in [0.15, 0.2) is 5.82 Å². The van der Waals surface area contributed by atoms with Gasteiger partial charge in [0.05, 0.1) is 29.0 Å². The van der Waals surface area contributed by atoms with Crippen LogP contribution >= 0.6 is 0 Å². The number of aliphatic imine (C=N–C) groups is 1. The number of para-hydroxylation sites is 2. The van der Waals surface area contributed by atoms with Gasteiger partial charge in [-0.3, -0.25) is 18.9 Å². The number of nitriles is 1. The Balaban J connectivity index is 1.46. The molecule has 43 heavy (non-hydrogen) atoms. The molecule has 0 radical (unpaired) electrons. The lowest BCUT2D eigenvalue weighted by molar-refractivity contribution is 0.0994. The fourth-order valence-electron chi connectivity index (χ4n) is 4.85. The van der Waals surface area contributed by atoms with Crippen LogP contribution in [-0.2, 0) is 16.7 Å². The van der Waals surface area contributed by atoms with E-state index in [0.29, 0.717) is 22.3 Å². The van der Waals surface area contributed by atoms with Gasteiger partial charge in [-0.2, -0.15) is 23.9 Å². The zero-order chi connectivity index (χ0) is 30.1. The molecule has 0 saturated heterocycles. The average Bonchev–Trinajstić information content (AvgIpc) is 3.40. The third-order valence-electron chi connectivity index (χ3n) is 6.90. The van der Waals surface area contributed by atoms with E-state index in [4.69, 9.17) is 0 Å². The monoisotopic (exact) mass is 586 g/mol. The van der Waals surface area contributed by atoms with Crippen molar-refractivity contribution in [3.63, 3.8) is 0 Å². The number of nitrogens with zero attached hydrogens (tertiary/aromatic N) is 6. The molecule has 0 saturated carbocycles. The van der Waals surface area contributed by atoms with E-state index < -0.39 is 20.9 Å². The first-order chi connectivity index (χ1) is 20.7. The van der Waals surface area contributed by atoms with Crippen molar-refractivity contribution >= 4 is 55.3 Å². The summed E-state index contributed by atoms with van der Waals surface area (Å²) in [7, 11) is -4.70. The topological polar surface area (TPSA) is 150 Å². The van der Waals surface area contributed by atoms with Crippen LogP contribution in [0, 0.1) is 18.3 Å². The Bertz CT molecular complexity index is 2160. The van der Waals surface area contributed by atoms with Crippen molar-refractivity contribution < 1.29 is 17.8 Å². The normalized spacial score (nSPS) is 14.4. The molecule has 1 aromatic heterocycles. The fraction of sp³-hybridized carbons (Fsp3) is 0.0625. The molecule has 1 aliphatic rings. The highest BCUT2D eigenvalue weighted by molar-refractivity contribution is 7.85. The van der Waals surface area contributed by atoms with Crippen LogP contribution in [0.25, 0.3) is 22.2 Å². The highest BCUT2D eigenvalue weighted by Crippen LogP contribution is 2.35. The Morgan fingerprint density at radius 2 is 1.58 bits per heavy atom. The standard InChI is InChI=1S/C32H22N6O4S/c1-20-11-14-23(15-12-20)36-37-24-16-13-22(28(17-24)43(40,41)42)19-34-30-29(21-7-3-2-4-8-21)25(18-33)31-35-26-9-5-6-10-27(26)38(31)32(30)39/h2-17H,19H2,1H3,(H,40,41,42). The summed E-state index contributed by atoms with van der Waals surface area (Å²) in [4.78, 5) is 22.7. The molecule has 10 nitrogen and oxygen atoms in total. The number of fused-ring (bicyclic) bond motifs is 3. The number of allylic oxidation sites excluding steroid dienone is 2. The molecule has 0 bridgehead atoms. The highest BCUT2D eigenvalue weighted by Gasteiger charge is 2.34. The summed E-state index contributed by atoms with van der Waals surface area (Å²) in [5.74, 6) is -0.313. The fourth-order valence-corrected chi connectivity index (χ4v) is 5.58. The van der Waals surface area contributed by atoms with E-state index >= 15 is 0 Å². The SMILES string of the molecule is Cc1ccc(N=Nc2ccc(CN=C3C(=O)n4c(nc5ccccc54)C(C#N)=C3c3ccccc3)c(S(=O)(=O)O)c2)cc1. The number of hydrogen-bond acceptors (Lipinski definition) is 8. The minimum absolute atomic E-state index is 0.0391. The van der Waals surface area contributed by atoms with E-state index in [2.05, 4.69) is 26.3 Å². The maximum atomic E-state index is 14.0. The van der Waals surface area contributed by atoms with Gasteiger partial charge in [0, 0.05) is 5.57 Å². The van der Waals surface area contributed by atoms with Crippen molar-refractivity contribution in [3.8, 4) is 6.07 Å². The van der Waals surface area contributed by atoms with Crippen molar-refractivity contribution in [2.24, 2.45) is 15.2 Å². The third-order valence-corrected chi connectivity index (χ3v) is 7.84. The first kappa shape index (κ1) is 27.6. The molecule has 6 rings (SSSR count). The Kier molecular flexibility index (Phi) is 7.07. The molecule has 11 heteroatoms. The maximum absolute atomic E-state index is 14.0. The molecule has 210 valence electrons. The second-order valence-corrected chi connectivity index (χ2v) is 11.1.